The quantitative estimate of drug-likeness (QED) is 0.298. The Morgan fingerprint density at radius 1 is 1.09 bits per heavy atom. The summed E-state index contributed by atoms with van der Waals surface area (Å²) >= 11 is 0. The fraction of sp³-hybridized carbons (Fsp3) is 0.379. The van der Waals surface area contributed by atoms with Gasteiger partial charge in [0, 0.05) is 45.5 Å². The van der Waals surface area contributed by atoms with Gasteiger partial charge in [-0.25, -0.2) is 14.4 Å². The molecule has 4 aromatic rings. The number of ether oxygens (including phenoxy) is 1. The number of aromatic amines is 1. The van der Waals surface area contributed by atoms with Crippen LogP contribution in [-0.2, 0) is 19.0 Å². The molecular weight excluding hydrogens is 566 g/mol. The minimum absolute atomic E-state index is 0.215. The van der Waals surface area contributed by atoms with Gasteiger partial charge in [-0.15, -0.1) is 0 Å². The number of rotatable bonds is 7. The molecule has 0 bridgehead atoms. The van der Waals surface area contributed by atoms with E-state index >= 15 is 0 Å². The van der Waals surface area contributed by atoms with E-state index in [1.807, 2.05) is 0 Å². The second-order valence-electron chi connectivity index (χ2n) is 10.7. The maximum atomic E-state index is 14.5. The number of nitrogens with one attached hydrogen (secondary N) is 1. The molecule has 1 unspecified atom stereocenters. The van der Waals surface area contributed by atoms with Crippen molar-refractivity contribution < 1.29 is 22.3 Å². The third-order valence-electron chi connectivity index (χ3n) is 8.07. The molecule has 0 radical (unpaired) electrons. The summed E-state index contributed by atoms with van der Waals surface area (Å²) in [6.45, 7) is 7.78. The lowest BCUT2D eigenvalue weighted by molar-refractivity contribution is -0.178. The molecule has 14 heteroatoms. The van der Waals surface area contributed by atoms with Gasteiger partial charge in [0.05, 0.1) is 17.8 Å². The average Bonchev–Trinajstić information content (AvgIpc) is 3.60. The first-order valence-corrected chi connectivity index (χ1v) is 13.9. The van der Waals surface area contributed by atoms with Gasteiger partial charge < -0.3 is 19.9 Å². The SMILES string of the molecule is CCN1CCN(Cc2nc(-c3cc(Oc4cccc5c4nc(C4(C(F)(F)F)C=C(N)C(F)=CC4)n5C)ccn3)n[nH]2)CC1. The predicted octanol–water partition coefficient (Wildman–Crippen LogP) is 4.58. The van der Waals surface area contributed by atoms with Crippen molar-refractivity contribution >= 4 is 11.0 Å². The van der Waals surface area contributed by atoms with Crippen LogP contribution < -0.4 is 10.5 Å². The minimum atomic E-state index is -4.79. The summed E-state index contributed by atoms with van der Waals surface area (Å²) in [6.07, 6.45) is -2.36. The third-order valence-corrected chi connectivity index (χ3v) is 8.07. The molecule has 3 aromatic heterocycles. The van der Waals surface area contributed by atoms with E-state index in [0.29, 0.717) is 35.4 Å². The summed E-state index contributed by atoms with van der Waals surface area (Å²) in [5.74, 6) is 0.543. The van der Waals surface area contributed by atoms with Crippen LogP contribution in [0.25, 0.3) is 22.6 Å². The molecule has 2 aliphatic rings. The number of aromatic nitrogens is 6. The number of para-hydroxylation sites is 1. The Hall–Kier alpha value is -4.30. The Bertz CT molecular complexity index is 1700. The topological polar surface area (TPSA) is 114 Å². The van der Waals surface area contributed by atoms with Gasteiger partial charge >= 0.3 is 6.18 Å². The Balaban J connectivity index is 1.27. The zero-order valence-electron chi connectivity index (χ0n) is 23.7. The van der Waals surface area contributed by atoms with Crippen LogP contribution in [0, 0.1) is 0 Å². The zero-order valence-corrected chi connectivity index (χ0v) is 23.7. The number of nitrogens with two attached hydrogens (primary N) is 1. The smallest absolute Gasteiger partial charge is 0.405 e. The number of hydrogen-bond acceptors (Lipinski definition) is 8. The summed E-state index contributed by atoms with van der Waals surface area (Å²) < 4.78 is 65.1. The molecule has 1 fully saturated rings. The highest BCUT2D eigenvalue weighted by Crippen LogP contribution is 2.49. The number of benzene rings is 1. The Morgan fingerprint density at radius 2 is 1.86 bits per heavy atom. The second kappa shape index (κ2) is 11.1. The maximum Gasteiger partial charge on any atom is 0.405 e. The van der Waals surface area contributed by atoms with E-state index in [1.54, 1.807) is 36.5 Å². The number of allylic oxidation sites excluding steroid dienone is 3. The van der Waals surface area contributed by atoms with Crippen LogP contribution in [0.5, 0.6) is 11.5 Å². The number of H-pyrrole nitrogens is 1. The molecule has 1 aromatic carbocycles. The summed E-state index contributed by atoms with van der Waals surface area (Å²) in [5.41, 5.74) is 3.53. The minimum Gasteiger partial charge on any atom is -0.455 e. The van der Waals surface area contributed by atoms with Crippen molar-refractivity contribution in [2.24, 2.45) is 12.8 Å². The van der Waals surface area contributed by atoms with Crippen LogP contribution in [-0.4, -0.2) is 78.4 Å². The van der Waals surface area contributed by atoms with Crippen molar-refractivity contribution in [1.29, 1.82) is 0 Å². The van der Waals surface area contributed by atoms with Crippen LogP contribution in [0.1, 0.15) is 25.0 Å². The van der Waals surface area contributed by atoms with Gasteiger partial charge in [0.1, 0.15) is 39.9 Å². The molecule has 1 aliphatic heterocycles. The van der Waals surface area contributed by atoms with Gasteiger partial charge in [-0.05, 0) is 43.3 Å². The largest absolute Gasteiger partial charge is 0.455 e. The number of fused-ring (bicyclic) bond motifs is 1. The van der Waals surface area contributed by atoms with Gasteiger partial charge in [-0.3, -0.25) is 15.0 Å². The third kappa shape index (κ3) is 5.36. The first-order chi connectivity index (χ1) is 20.6. The summed E-state index contributed by atoms with van der Waals surface area (Å²) in [5, 5.41) is 7.32. The van der Waals surface area contributed by atoms with E-state index in [1.165, 1.54) is 11.6 Å². The van der Waals surface area contributed by atoms with E-state index in [-0.39, 0.29) is 17.1 Å². The molecule has 6 rings (SSSR count). The van der Waals surface area contributed by atoms with Gasteiger partial charge in [-0.1, -0.05) is 13.0 Å². The number of piperazine rings is 1. The van der Waals surface area contributed by atoms with Crippen molar-refractivity contribution in [1.82, 2.24) is 39.5 Å². The number of alkyl halides is 3. The normalized spacial score (nSPS) is 20.3. The molecule has 0 spiro atoms. The maximum absolute atomic E-state index is 14.5. The highest BCUT2D eigenvalue weighted by molar-refractivity contribution is 5.83. The van der Waals surface area contributed by atoms with Crippen LogP contribution >= 0.6 is 0 Å². The molecule has 43 heavy (non-hydrogen) atoms. The lowest BCUT2D eigenvalue weighted by Gasteiger charge is -2.33. The molecule has 0 amide bonds. The summed E-state index contributed by atoms with van der Waals surface area (Å²) in [7, 11) is 1.48. The molecule has 226 valence electrons. The number of pyridine rings is 1. The molecule has 10 nitrogen and oxygen atoms in total. The van der Waals surface area contributed by atoms with E-state index in [2.05, 4.69) is 41.9 Å². The van der Waals surface area contributed by atoms with Crippen LogP contribution in [0.2, 0.25) is 0 Å². The van der Waals surface area contributed by atoms with Crippen LogP contribution in [0.4, 0.5) is 17.6 Å². The zero-order chi connectivity index (χ0) is 30.4. The fourth-order valence-electron chi connectivity index (χ4n) is 5.59. The molecule has 4 heterocycles. The number of hydrogen-bond donors (Lipinski definition) is 2. The lowest BCUT2D eigenvalue weighted by Crippen LogP contribution is -2.45. The van der Waals surface area contributed by atoms with Crippen LogP contribution in [0.15, 0.2) is 60.2 Å². The first kappa shape index (κ1) is 28.8. The predicted molar refractivity (Wildman–Crippen MR) is 152 cm³/mol. The molecule has 1 saturated heterocycles. The average molecular weight is 598 g/mol. The summed E-state index contributed by atoms with van der Waals surface area (Å²) in [6, 6.07) is 8.21. The van der Waals surface area contributed by atoms with Crippen molar-refractivity contribution in [2.45, 2.75) is 31.5 Å². The van der Waals surface area contributed by atoms with E-state index in [9.17, 15) is 17.6 Å². The van der Waals surface area contributed by atoms with Gasteiger partial charge in [0.15, 0.2) is 11.6 Å². The monoisotopic (exact) mass is 597 g/mol. The number of halogens is 4. The first-order valence-electron chi connectivity index (χ1n) is 13.9. The molecular formula is C29H31F4N9O. The standard InChI is InChI=1S/C29H31F4N9O/c1-3-41-11-13-42(14-12-41)17-24-36-26(39-38-24)21-15-18(8-10-35-21)43-23-6-4-5-22-25(23)37-27(40(22)2)28(29(31,32)33)9-7-19(30)20(34)16-28/h4-8,10,15-16H,3,9,11-14,17,34H2,1-2H3,(H,36,38,39). The van der Waals surface area contributed by atoms with Crippen molar-refractivity contribution in [3.63, 3.8) is 0 Å². The van der Waals surface area contributed by atoms with E-state index < -0.39 is 29.5 Å². The highest BCUT2D eigenvalue weighted by Gasteiger charge is 2.58. The van der Waals surface area contributed by atoms with Crippen LogP contribution in [0.3, 0.4) is 0 Å². The van der Waals surface area contributed by atoms with Gasteiger partial charge in [0.2, 0.25) is 0 Å². The molecule has 1 atom stereocenters. The fourth-order valence-corrected chi connectivity index (χ4v) is 5.59. The lowest BCUT2D eigenvalue weighted by atomic mass is 9.78. The van der Waals surface area contributed by atoms with Gasteiger partial charge in [0.25, 0.3) is 0 Å². The number of nitrogens with zero attached hydrogens (tertiary/aromatic N) is 7. The Kier molecular flexibility index (Phi) is 7.42. The van der Waals surface area contributed by atoms with Crippen molar-refractivity contribution in [3.8, 4) is 23.0 Å². The van der Waals surface area contributed by atoms with Gasteiger partial charge in [-0.2, -0.15) is 18.3 Å². The van der Waals surface area contributed by atoms with E-state index in [4.69, 9.17) is 10.5 Å². The number of likely N-dealkylation sites (N-methyl/N-ethyl adjacent to an activating group) is 1. The molecule has 0 saturated carbocycles. The highest BCUT2D eigenvalue weighted by atomic mass is 19.4. The van der Waals surface area contributed by atoms with E-state index in [0.717, 1.165) is 44.6 Å². The van der Waals surface area contributed by atoms with Crippen molar-refractivity contribution in [2.75, 3.05) is 32.7 Å². The Morgan fingerprint density at radius 3 is 2.58 bits per heavy atom. The number of aryl methyl sites for hydroxylation is 1. The molecule has 1 aliphatic carbocycles. The number of imidazole rings is 1. The molecule has 3 N–H and O–H groups in total. The Labute approximate surface area is 244 Å². The second-order valence-corrected chi connectivity index (χ2v) is 10.7. The summed E-state index contributed by atoms with van der Waals surface area (Å²) in [4.78, 5) is 18.1. The van der Waals surface area contributed by atoms with Crippen molar-refractivity contribution in [3.05, 3.63) is 71.9 Å².